The molecule has 3 rings (SSSR count). The summed E-state index contributed by atoms with van der Waals surface area (Å²) in [6.07, 6.45) is 2.26. The first-order valence-electron chi connectivity index (χ1n) is 7.60. The summed E-state index contributed by atoms with van der Waals surface area (Å²) >= 11 is 0. The highest BCUT2D eigenvalue weighted by atomic mass is 16.5. The molecule has 1 atom stereocenters. The largest absolute Gasteiger partial charge is 0.497 e. The van der Waals surface area contributed by atoms with E-state index in [1.807, 2.05) is 54.6 Å². The third kappa shape index (κ3) is 2.90. The lowest BCUT2D eigenvalue weighted by Crippen LogP contribution is -2.28. The molecule has 1 unspecified atom stereocenters. The molecule has 2 aromatic rings. The molecule has 0 N–H and O–H groups in total. The van der Waals surface area contributed by atoms with Crippen LogP contribution in [0.5, 0.6) is 5.75 Å². The number of hydrogen-bond donors (Lipinski definition) is 0. The normalized spacial score (nSPS) is 20.8. The van der Waals surface area contributed by atoms with Crippen LogP contribution in [0.15, 0.2) is 54.6 Å². The van der Waals surface area contributed by atoms with Crippen molar-refractivity contribution in [2.45, 2.75) is 24.9 Å². The molecule has 1 heterocycles. The quantitative estimate of drug-likeness (QED) is 0.783. The van der Waals surface area contributed by atoms with E-state index >= 15 is 0 Å². The van der Waals surface area contributed by atoms with E-state index in [0.717, 1.165) is 24.2 Å². The van der Waals surface area contributed by atoms with Crippen LogP contribution in [-0.4, -0.2) is 19.5 Å². The lowest BCUT2D eigenvalue weighted by molar-refractivity contribution is -0.00323. The van der Waals surface area contributed by atoms with Crippen LogP contribution < -0.4 is 4.74 Å². The summed E-state index contributed by atoms with van der Waals surface area (Å²) in [6.45, 7) is 0.713. The second kappa shape index (κ2) is 6.32. The van der Waals surface area contributed by atoms with Gasteiger partial charge in [0, 0.05) is 18.6 Å². The molecule has 22 heavy (non-hydrogen) atoms. The van der Waals surface area contributed by atoms with Crippen molar-refractivity contribution < 1.29 is 14.3 Å². The van der Waals surface area contributed by atoms with Crippen LogP contribution in [0.1, 0.15) is 35.2 Å². The molecule has 3 heteroatoms. The monoisotopic (exact) mass is 296 g/mol. The van der Waals surface area contributed by atoms with Crippen molar-refractivity contribution in [3.63, 3.8) is 0 Å². The van der Waals surface area contributed by atoms with Crippen molar-refractivity contribution in [3.05, 3.63) is 65.7 Å². The molecule has 0 bridgehead atoms. The fraction of sp³-hybridized carbons (Fsp3) is 0.316. The van der Waals surface area contributed by atoms with Crippen molar-refractivity contribution in [1.82, 2.24) is 0 Å². The molecule has 1 saturated heterocycles. The zero-order valence-corrected chi connectivity index (χ0v) is 12.7. The minimum Gasteiger partial charge on any atom is -0.497 e. The van der Waals surface area contributed by atoms with Crippen LogP contribution in [0.3, 0.4) is 0 Å². The van der Waals surface area contributed by atoms with Gasteiger partial charge in [0.05, 0.1) is 7.11 Å². The summed E-state index contributed by atoms with van der Waals surface area (Å²) in [6, 6.07) is 17.3. The topological polar surface area (TPSA) is 35.5 Å². The summed E-state index contributed by atoms with van der Waals surface area (Å²) in [7, 11) is 1.62. The van der Waals surface area contributed by atoms with E-state index in [1.54, 1.807) is 7.11 Å². The second-order valence-corrected chi connectivity index (χ2v) is 5.64. The Kier molecular flexibility index (Phi) is 4.25. The smallest absolute Gasteiger partial charge is 0.166 e. The van der Waals surface area contributed by atoms with Gasteiger partial charge in [-0.1, -0.05) is 30.3 Å². The van der Waals surface area contributed by atoms with Gasteiger partial charge in [-0.25, -0.2) is 0 Å². The Hall–Kier alpha value is -2.13. The maximum atomic E-state index is 12.7. The van der Waals surface area contributed by atoms with Gasteiger partial charge >= 0.3 is 0 Å². The molecule has 1 aliphatic heterocycles. The molecule has 0 aliphatic carbocycles. The predicted molar refractivity (Wildman–Crippen MR) is 85.2 cm³/mol. The van der Waals surface area contributed by atoms with E-state index in [9.17, 15) is 4.79 Å². The average molecular weight is 296 g/mol. The summed E-state index contributed by atoms with van der Waals surface area (Å²) in [5.41, 5.74) is 1.32. The number of carbonyl (C=O) groups excluding carboxylic acids is 1. The van der Waals surface area contributed by atoms with Crippen LogP contribution in [0, 0.1) is 0 Å². The van der Waals surface area contributed by atoms with Gasteiger partial charge in [-0.2, -0.15) is 0 Å². The molecule has 2 aromatic carbocycles. The Morgan fingerprint density at radius 2 is 1.86 bits per heavy atom. The highest BCUT2D eigenvalue weighted by Gasteiger charge is 2.39. The third-order valence-corrected chi connectivity index (χ3v) is 4.26. The molecule has 0 radical (unpaired) electrons. The van der Waals surface area contributed by atoms with Crippen molar-refractivity contribution in [1.29, 1.82) is 0 Å². The van der Waals surface area contributed by atoms with Crippen molar-refractivity contribution in [2.24, 2.45) is 0 Å². The van der Waals surface area contributed by atoms with Gasteiger partial charge < -0.3 is 9.47 Å². The van der Waals surface area contributed by atoms with E-state index in [0.29, 0.717) is 18.6 Å². The number of rotatable bonds is 5. The van der Waals surface area contributed by atoms with Crippen LogP contribution >= 0.6 is 0 Å². The molecule has 3 nitrogen and oxygen atoms in total. The Bertz CT molecular complexity index is 625. The first-order chi connectivity index (χ1) is 10.7. The number of ether oxygens (including phenoxy) is 2. The molecular weight excluding hydrogens is 276 g/mol. The van der Waals surface area contributed by atoms with Crippen LogP contribution in [0.2, 0.25) is 0 Å². The summed E-state index contributed by atoms with van der Waals surface area (Å²) in [4.78, 5) is 12.7. The van der Waals surface area contributed by atoms with Gasteiger partial charge in [0.1, 0.15) is 11.4 Å². The van der Waals surface area contributed by atoms with Crippen LogP contribution in [0.4, 0.5) is 0 Å². The van der Waals surface area contributed by atoms with Gasteiger partial charge in [-0.05, 0) is 42.7 Å². The molecule has 114 valence electrons. The highest BCUT2D eigenvalue weighted by molar-refractivity contribution is 5.97. The van der Waals surface area contributed by atoms with E-state index in [4.69, 9.17) is 9.47 Å². The minimum atomic E-state index is -0.474. The minimum absolute atomic E-state index is 0.105. The first kappa shape index (κ1) is 14.8. The zero-order valence-electron chi connectivity index (χ0n) is 12.7. The van der Waals surface area contributed by atoms with E-state index in [2.05, 4.69) is 0 Å². The SMILES string of the molecule is COc1ccc(C(=O)CC2(c3ccccc3)CCCO2)cc1. The Balaban J connectivity index is 1.83. The first-order valence-corrected chi connectivity index (χ1v) is 7.60. The van der Waals surface area contributed by atoms with Crippen molar-refractivity contribution in [3.8, 4) is 5.75 Å². The molecule has 0 spiro atoms. The Morgan fingerprint density at radius 3 is 2.45 bits per heavy atom. The van der Waals surface area contributed by atoms with Gasteiger partial charge in [0.2, 0.25) is 0 Å². The van der Waals surface area contributed by atoms with E-state index in [-0.39, 0.29) is 5.78 Å². The number of ketones is 1. The standard InChI is InChI=1S/C19H20O3/c1-21-17-10-8-15(9-11-17)18(20)14-19(12-5-13-22-19)16-6-3-2-4-7-16/h2-4,6-11H,5,12-14H2,1H3. The van der Waals surface area contributed by atoms with Gasteiger partial charge in [-0.3, -0.25) is 4.79 Å². The Morgan fingerprint density at radius 1 is 1.14 bits per heavy atom. The number of benzene rings is 2. The van der Waals surface area contributed by atoms with E-state index < -0.39 is 5.60 Å². The number of methoxy groups -OCH3 is 1. The highest BCUT2D eigenvalue weighted by Crippen LogP contribution is 2.40. The number of hydrogen-bond acceptors (Lipinski definition) is 3. The summed E-state index contributed by atoms with van der Waals surface area (Å²) in [5.74, 6) is 0.861. The molecule has 0 saturated carbocycles. The average Bonchev–Trinajstić information content (AvgIpc) is 3.05. The number of carbonyl (C=O) groups is 1. The maximum Gasteiger partial charge on any atom is 0.166 e. The van der Waals surface area contributed by atoms with Gasteiger partial charge in [-0.15, -0.1) is 0 Å². The van der Waals surface area contributed by atoms with Crippen molar-refractivity contribution >= 4 is 5.78 Å². The number of Topliss-reactive ketones (excluding diaryl/α,β-unsaturated/α-hetero) is 1. The maximum absolute atomic E-state index is 12.7. The Labute approximate surface area is 130 Å². The summed E-state index contributed by atoms with van der Waals surface area (Å²) < 4.78 is 11.2. The fourth-order valence-electron chi connectivity index (χ4n) is 3.05. The van der Waals surface area contributed by atoms with Crippen molar-refractivity contribution in [2.75, 3.05) is 13.7 Å². The molecular formula is C19H20O3. The molecule has 1 aliphatic rings. The zero-order chi connectivity index (χ0) is 15.4. The molecule has 0 amide bonds. The summed E-state index contributed by atoms with van der Waals surface area (Å²) in [5, 5.41) is 0. The lowest BCUT2D eigenvalue weighted by Gasteiger charge is -2.28. The van der Waals surface area contributed by atoms with Crippen LogP contribution in [-0.2, 0) is 10.3 Å². The lowest BCUT2D eigenvalue weighted by atomic mass is 9.84. The molecule has 0 aromatic heterocycles. The second-order valence-electron chi connectivity index (χ2n) is 5.64. The predicted octanol–water partition coefficient (Wildman–Crippen LogP) is 3.97. The third-order valence-electron chi connectivity index (χ3n) is 4.26. The van der Waals surface area contributed by atoms with Crippen LogP contribution in [0.25, 0.3) is 0 Å². The fourth-order valence-corrected chi connectivity index (χ4v) is 3.05. The van der Waals surface area contributed by atoms with E-state index in [1.165, 1.54) is 0 Å². The van der Waals surface area contributed by atoms with Gasteiger partial charge in [0.25, 0.3) is 0 Å². The van der Waals surface area contributed by atoms with Gasteiger partial charge in [0.15, 0.2) is 5.78 Å². The molecule has 1 fully saturated rings.